The van der Waals surface area contributed by atoms with Gasteiger partial charge in [-0.15, -0.1) is 0 Å². The highest BCUT2D eigenvalue weighted by Crippen LogP contribution is 2.35. The Bertz CT molecular complexity index is 493. The molecule has 1 heterocycles. The van der Waals surface area contributed by atoms with Crippen molar-refractivity contribution in [2.24, 2.45) is 5.92 Å². The average molecular weight is 289 g/mol. The number of nitrogens with zero attached hydrogens (tertiary/aromatic N) is 1. The fraction of sp³-hybridized carbons (Fsp3) is 0.529. The monoisotopic (exact) mass is 289 g/mol. The molecule has 2 atom stereocenters. The van der Waals surface area contributed by atoms with E-state index in [1.165, 1.54) is 0 Å². The predicted octanol–water partition coefficient (Wildman–Crippen LogP) is 3.57. The summed E-state index contributed by atoms with van der Waals surface area (Å²) < 4.78 is 5.49. The second kappa shape index (κ2) is 6.29. The van der Waals surface area contributed by atoms with E-state index in [0.29, 0.717) is 6.54 Å². The fourth-order valence-electron chi connectivity index (χ4n) is 2.77. The molecule has 1 saturated heterocycles. The van der Waals surface area contributed by atoms with Crippen molar-refractivity contribution in [3.8, 4) is 0 Å². The highest BCUT2D eigenvalue weighted by atomic mass is 16.6. The number of carbonyl (C=O) groups excluding carboxylic acids is 2. The Labute approximate surface area is 126 Å². The Morgan fingerprint density at radius 1 is 1.29 bits per heavy atom. The Kier molecular flexibility index (Phi) is 4.66. The lowest BCUT2D eigenvalue weighted by atomic mass is 9.86. The molecule has 0 bridgehead atoms. The summed E-state index contributed by atoms with van der Waals surface area (Å²) in [4.78, 5) is 25.6. The van der Waals surface area contributed by atoms with Crippen LogP contribution in [0.15, 0.2) is 30.3 Å². The lowest BCUT2D eigenvalue weighted by molar-refractivity contribution is -0.114. The van der Waals surface area contributed by atoms with E-state index in [1.54, 1.807) is 4.90 Å². The largest absolute Gasteiger partial charge is 0.444 e. The van der Waals surface area contributed by atoms with Gasteiger partial charge in [0.1, 0.15) is 11.9 Å². The van der Waals surface area contributed by atoms with Gasteiger partial charge in [-0.3, -0.25) is 0 Å². The molecule has 4 nitrogen and oxygen atoms in total. The van der Waals surface area contributed by atoms with Crippen LogP contribution in [-0.4, -0.2) is 29.4 Å². The number of piperidine rings is 1. The molecule has 0 aliphatic carbocycles. The fourth-order valence-corrected chi connectivity index (χ4v) is 2.77. The van der Waals surface area contributed by atoms with Crippen LogP contribution in [0.3, 0.4) is 0 Å². The first-order chi connectivity index (χ1) is 9.92. The number of aldehydes is 1. The van der Waals surface area contributed by atoms with Gasteiger partial charge in [-0.2, -0.15) is 0 Å². The van der Waals surface area contributed by atoms with E-state index in [4.69, 9.17) is 4.74 Å². The summed E-state index contributed by atoms with van der Waals surface area (Å²) in [5.74, 6) is -0.173. The Morgan fingerprint density at radius 2 is 1.95 bits per heavy atom. The molecule has 0 radical (unpaired) electrons. The summed E-state index contributed by atoms with van der Waals surface area (Å²) in [7, 11) is 0. The van der Waals surface area contributed by atoms with Gasteiger partial charge in [0.15, 0.2) is 0 Å². The standard InChI is InChI=1S/C17H23NO3/c1-17(2,3)21-16(20)18-11-7-10-14(12-19)15(18)13-8-5-4-6-9-13/h4-6,8-9,12,14-15H,7,10-11H2,1-3H3/t14?,15-/m1/s1. The summed E-state index contributed by atoms with van der Waals surface area (Å²) in [6, 6.07) is 9.48. The Hall–Kier alpha value is -1.84. The van der Waals surface area contributed by atoms with Crippen molar-refractivity contribution < 1.29 is 14.3 Å². The smallest absolute Gasteiger partial charge is 0.410 e. The van der Waals surface area contributed by atoms with Crippen LogP contribution in [0.5, 0.6) is 0 Å². The molecule has 114 valence electrons. The van der Waals surface area contributed by atoms with Gasteiger partial charge in [0.25, 0.3) is 0 Å². The molecule has 1 amide bonds. The minimum Gasteiger partial charge on any atom is -0.444 e. The van der Waals surface area contributed by atoms with Crippen LogP contribution < -0.4 is 0 Å². The van der Waals surface area contributed by atoms with Gasteiger partial charge in [0.05, 0.1) is 6.04 Å². The first kappa shape index (κ1) is 15.5. The van der Waals surface area contributed by atoms with Crippen LogP contribution in [0.4, 0.5) is 4.79 Å². The number of hydrogen-bond acceptors (Lipinski definition) is 3. The summed E-state index contributed by atoms with van der Waals surface area (Å²) >= 11 is 0. The zero-order chi connectivity index (χ0) is 15.5. The topological polar surface area (TPSA) is 46.6 Å². The molecule has 1 aliphatic rings. The summed E-state index contributed by atoms with van der Waals surface area (Å²) in [5.41, 5.74) is 0.451. The third kappa shape index (κ3) is 3.84. The molecule has 0 N–H and O–H groups in total. The summed E-state index contributed by atoms with van der Waals surface area (Å²) in [6.45, 7) is 6.18. The molecule has 21 heavy (non-hydrogen) atoms. The van der Waals surface area contributed by atoms with Crippen LogP contribution >= 0.6 is 0 Å². The van der Waals surface area contributed by atoms with Crippen molar-refractivity contribution in [1.29, 1.82) is 0 Å². The van der Waals surface area contributed by atoms with Crippen molar-refractivity contribution >= 4 is 12.4 Å². The molecule has 0 spiro atoms. The maximum atomic E-state index is 12.4. The third-order valence-electron chi connectivity index (χ3n) is 3.62. The maximum absolute atomic E-state index is 12.4. The van der Waals surface area contributed by atoms with Crippen LogP contribution in [-0.2, 0) is 9.53 Å². The van der Waals surface area contributed by atoms with Crippen molar-refractivity contribution in [2.45, 2.75) is 45.3 Å². The van der Waals surface area contributed by atoms with Crippen LogP contribution in [0.2, 0.25) is 0 Å². The van der Waals surface area contributed by atoms with Gasteiger partial charge >= 0.3 is 6.09 Å². The summed E-state index contributed by atoms with van der Waals surface area (Å²) in [5, 5.41) is 0. The zero-order valence-corrected chi connectivity index (χ0v) is 12.9. The quantitative estimate of drug-likeness (QED) is 0.782. The Morgan fingerprint density at radius 3 is 2.52 bits per heavy atom. The number of ether oxygens (including phenoxy) is 1. The van der Waals surface area contributed by atoms with Gasteiger partial charge < -0.3 is 14.4 Å². The minimum atomic E-state index is -0.535. The third-order valence-corrected chi connectivity index (χ3v) is 3.62. The van der Waals surface area contributed by atoms with E-state index < -0.39 is 5.60 Å². The molecule has 2 rings (SSSR count). The molecule has 1 aromatic rings. The van der Waals surface area contributed by atoms with Gasteiger partial charge in [0.2, 0.25) is 0 Å². The molecule has 4 heteroatoms. The van der Waals surface area contributed by atoms with Gasteiger partial charge in [0, 0.05) is 12.5 Å². The molecule has 0 saturated carbocycles. The number of benzene rings is 1. The zero-order valence-electron chi connectivity index (χ0n) is 12.9. The Balaban J connectivity index is 2.28. The summed E-state index contributed by atoms with van der Waals surface area (Å²) in [6.07, 6.45) is 2.26. The SMILES string of the molecule is CC(C)(C)OC(=O)N1CCCC(C=O)[C@H]1c1ccccc1. The molecule has 0 aromatic heterocycles. The molecular weight excluding hydrogens is 266 g/mol. The van der Waals surface area contributed by atoms with Crippen LogP contribution in [0.1, 0.15) is 45.2 Å². The highest BCUT2D eigenvalue weighted by Gasteiger charge is 2.37. The highest BCUT2D eigenvalue weighted by molar-refractivity contribution is 5.70. The molecule has 1 aromatic carbocycles. The van der Waals surface area contributed by atoms with E-state index in [9.17, 15) is 9.59 Å². The average Bonchev–Trinajstić information content (AvgIpc) is 2.45. The van der Waals surface area contributed by atoms with Crippen LogP contribution in [0, 0.1) is 5.92 Å². The molecule has 1 fully saturated rings. The van der Waals surface area contributed by atoms with Crippen molar-refractivity contribution in [1.82, 2.24) is 4.90 Å². The first-order valence-electron chi connectivity index (χ1n) is 7.42. The lowest BCUT2D eigenvalue weighted by Crippen LogP contribution is -2.45. The number of rotatable bonds is 2. The van der Waals surface area contributed by atoms with Gasteiger partial charge in [-0.1, -0.05) is 30.3 Å². The van der Waals surface area contributed by atoms with E-state index in [-0.39, 0.29) is 18.1 Å². The second-order valence-corrected chi connectivity index (χ2v) is 6.47. The van der Waals surface area contributed by atoms with Gasteiger partial charge in [-0.25, -0.2) is 4.79 Å². The number of hydrogen-bond donors (Lipinski definition) is 0. The number of amides is 1. The molecular formula is C17H23NO3. The maximum Gasteiger partial charge on any atom is 0.410 e. The van der Waals surface area contributed by atoms with E-state index >= 15 is 0 Å². The van der Waals surface area contributed by atoms with E-state index in [1.807, 2.05) is 51.1 Å². The number of carbonyl (C=O) groups is 2. The second-order valence-electron chi connectivity index (χ2n) is 6.47. The normalized spacial score (nSPS) is 22.7. The van der Waals surface area contributed by atoms with Crippen LogP contribution in [0.25, 0.3) is 0 Å². The minimum absolute atomic E-state index is 0.173. The van der Waals surface area contributed by atoms with E-state index in [2.05, 4.69) is 0 Å². The van der Waals surface area contributed by atoms with Crippen molar-refractivity contribution in [2.75, 3.05) is 6.54 Å². The van der Waals surface area contributed by atoms with Crippen molar-refractivity contribution in [3.05, 3.63) is 35.9 Å². The molecule has 1 aliphatic heterocycles. The number of likely N-dealkylation sites (tertiary alicyclic amines) is 1. The lowest BCUT2D eigenvalue weighted by Gasteiger charge is -2.40. The predicted molar refractivity (Wildman–Crippen MR) is 80.9 cm³/mol. The van der Waals surface area contributed by atoms with Crippen molar-refractivity contribution in [3.63, 3.8) is 0 Å². The van der Waals surface area contributed by atoms with Gasteiger partial charge in [-0.05, 0) is 39.2 Å². The first-order valence-corrected chi connectivity index (χ1v) is 7.42. The molecule has 1 unspecified atom stereocenters. The van der Waals surface area contributed by atoms with E-state index in [0.717, 1.165) is 24.7 Å².